The highest BCUT2D eigenvalue weighted by Crippen LogP contribution is 2.40. The van der Waals surface area contributed by atoms with Gasteiger partial charge in [0.05, 0.1) is 5.41 Å². The average Bonchev–Trinajstić information content (AvgIpc) is 2.33. The van der Waals surface area contributed by atoms with E-state index in [0.717, 1.165) is 47.7 Å². The average molecular weight is 297 g/mol. The van der Waals surface area contributed by atoms with Gasteiger partial charge in [-0.25, -0.2) is 0 Å². The summed E-state index contributed by atoms with van der Waals surface area (Å²) in [4.78, 5) is 11.7. The van der Waals surface area contributed by atoms with E-state index in [1.54, 1.807) is 0 Å². The Kier molecular flexibility index (Phi) is 3.57. The molecular formula is C14H17BrO2. The van der Waals surface area contributed by atoms with Crippen LogP contribution in [0.2, 0.25) is 0 Å². The van der Waals surface area contributed by atoms with Crippen LogP contribution in [0.25, 0.3) is 0 Å². The van der Waals surface area contributed by atoms with Crippen molar-refractivity contribution >= 4 is 21.9 Å². The molecule has 2 nitrogen and oxygen atoms in total. The Morgan fingerprint density at radius 2 is 1.94 bits per heavy atom. The standard InChI is InChI=1S/C14H17BrO2/c1-10-9-11(5-6-12(10)15)14(13(16)17)7-3-2-4-8-14/h5-6,9H,2-4,7-8H2,1H3,(H,16,17). The van der Waals surface area contributed by atoms with Gasteiger partial charge in [-0.3, -0.25) is 4.79 Å². The van der Waals surface area contributed by atoms with Crippen LogP contribution in [0.1, 0.15) is 43.2 Å². The number of carbonyl (C=O) groups is 1. The van der Waals surface area contributed by atoms with E-state index in [1.165, 1.54) is 0 Å². The first kappa shape index (κ1) is 12.6. The zero-order valence-corrected chi connectivity index (χ0v) is 11.6. The maximum absolute atomic E-state index is 11.7. The highest BCUT2D eigenvalue weighted by atomic mass is 79.9. The third-order valence-electron chi connectivity index (χ3n) is 3.83. The van der Waals surface area contributed by atoms with Crippen molar-refractivity contribution < 1.29 is 9.90 Å². The molecule has 0 bridgehead atoms. The SMILES string of the molecule is Cc1cc(C2(C(=O)O)CCCCC2)ccc1Br. The Balaban J connectivity index is 2.45. The molecule has 0 unspecified atom stereocenters. The fourth-order valence-electron chi connectivity index (χ4n) is 2.72. The van der Waals surface area contributed by atoms with Crippen LogP contribution in [0.5, 0.6) is 0 Å². The normalized spacial score (nSPS) is 18.9. The lowest BCUT2D eigenvalue weighted by Crippen LogP contribution is -2.37. The minimum absolute atomic E-state index is 0.649. The molecule has 1 fully saturated rings. The van der Waals surface area contributed by atoms with Crippen LogP contribution in [0.4, 0.5) is 0 Å². The summed E-state index contributed by atoms with van der Waals surface area (Å²) in [6, 6.07) is 5.93. The van der Waals surface area contributed by atoms with Crippen LogP contribution in [0, 0.1) is 6.92 Å². The number of carboxylic acids is 1. The fourth-order valence-corrected chi connectivity index (χ4v) is 2.97. The van der Waals surface area contributed by atoms with Crippen molar-refractivity contribution in [2.75, 3.05) is 0 Å². The predicted molar refractivity (Wildman–Crippen MR) is 71.3 cm³/mol. The van der Waals surface area contributed by atoms with Crippen LogP contribution in [0.3, 0.4) is 0 Å². The second kappa shape index (κ2) is 4.81. The molecule has 17 heavy (non-hydrogen) atoms. The van der Waals surface area contributed by atoms with Gasteiger partial charge in [-0.15, -0.1) is 0 Å². The van der Waals surface area contributed by atoms with Gasteiger partial charge >= 0.3 is 5.97 Å². The largest absolute Gasteiger partial charge is 0.481 e. The summed E-state index contributed by atoms with van der Waals surface area (Å²) in [6.07, 6.45) is 4.72. The third kappa shape index (κ3) is 2.25. The van der Waals surface area contributed by atoms with Crippen molar-refractivity contribution in [2.24, 2.45) is 0 Å². The number of benzene rings is 1. The highest BCUT2D eigenvalue weighted by molar-refractivity contribution is 9.10. The summed E-state index contributed by atoms with van der Waals surface area (Å²) in [5.41, 5.74) is 1.42. The fraction of sp³-hybridized carbons (Fsp3) is 0.500. The van der Waals surface area contributed by atoms with Gasteiger partial charge in [-0.05, 0) is 37.0 Å². The molecule has 1 aliphatic rings. The number of aryl methyl sites for hydroxylation is 1. The first-order chi connectivity index (χ1) is 8.06. The first-order valence-electron chi connectivity index (χ1n) is 6.06. The van der Waals surface area contributed by atoms with Crippen molar-refractivity contribution in [1.29, 1.82) is 0 Å². The summed E-state index contributed by atoms with van der Waals surface area (Å²) in [7, 11) is 0. The molecule has 0 spiro atoms. The van der Waals surface area contributed by atoms with Crippen molar-refractivity contribution in [3.63, 3.8) is 0 Å². The highest BCUT2D eigenvalue weighted by Gasteiger charge is 2.41. The van der Waals surface area contributed by atoms with Crippen LogP contribution in [0.15, 0.2) is 22.7 Å². The Morgan fingerprint density at radius 3 is 2.47 bits per heavy atom. The maximum Gasteiger partial charge on any atom is 0.314 e. The Morgan fingerprint density at radius 1 is 1.29 bits per heavy atom. The van der Waals surface area contributed by atoms with E-state index in [4.69, 9.17) is 0 Å². The van der Waals surface area contributed by atoms with Gasteiger partial charge in [0, 0.05) is 4.47 Å². The second-order valence-corrected chi connectivity index (χ2v) is 5.77. The second-order valence-electron chi connectivity index (χ2n) is 4.91. The monoisotopic (exact) mass is 296 g/mol. The van der Waals surface area contributed by atoms with Gasteiger partial charge < -0.3 is 5.11 Å². The maximum atomic E-state index is 11.7. The minimum atomic E-state index is -0.668. The summed E-state index contributed by atoms with van der Waals surface area (Å²) >= 11 is 3.46. The summed E-state index contributed by atoms with van der Waals surface area (Å²) in [5, 5.41) is 9.59. The molecule has 3 heteroatoms. The molecule has 2 rings (SSSR count). The molecule has 0 aliphatic heterocycles. The molecule has 0 amide bonds. The summed E-state index contributed by atoms with van der Waals surface area (Å²) < 4.78 is 1.04. The lowest BCUT2D eigenvalue weighted by molar-refractivity contribution is -0.145. The van der Waals surface area contributed by atoms with Gasteiger partial charge in [0.15, 0.2) is 0 Å². The van der Waals surface area contributed by atoms with Crippen LogP contribution in [-0.4, -0.2) is 11.1 Å². The lowest BCUT2D eigenvalue weighted by atomic mass is 9.69. The number of aliphatic carboxylic acids is 1. The van der Waals surface area contributed by atoms with Gasteiger partial charge in [0.2, 0.25) is 0 Å². The molecule has 0 heterocycles. The van der Waals surface area contributed by atoms with Gasteiger partial charge in [-0.2, -0.15) is 0 Å². The van der Waals surface area contributed by atoms with Crippen LogP contribution < -0.4 is 0 Å². The van der Waals surface area contributed by atoms with Crippen LogP contribution >= 0.6 is 15.9 Å². The number of rotatable bonds is 2. The molecule has 1 N–H and O–H groups in total. The molecule has 0 aromatic heterocycles. The molecule has 0 atom stereocenters. The number of hydrogen-bond donors (Lipinski definition) is 1. The topological polar surface area (TPSA) is 37.3 Å². The van der Waals surface area contributed by atoms with E-state index in [-0.39, 0.29) is 0 Å². The van der Waals surface area contributed by atoms with Crippen molar-refractivity contribution in [3.8, 4) is 0 Å². The van der Waals surface area contributed by atoms with Gasteiger partial charge in [0.1, 0.15) is 0 Å². The van der Waals surface area contributed by atoms with E-state index in [0.29, 0.717) is 0 Å². The quantitative estimate of drug-likeness (QED) is 0.894. The van der Waals surface area contributed by atoms with E-state index in [9.17, 15) is 9.90 Å². The van der Waals surface area contributed by atoms with Crippen LogP contribution in [-0.2, 0) is 10.2 Å². The molecule has 0 radical (unpaired) electrons. The van der Waals surface area contributed by atoms with E-state index in [1.807, 2.05) is 25.1 Å². The molecule has 0 saturated heterocycles. The smallest absolute Gasteiger partial charge is 0.314 e. The molecule has 1 aromatic carbocycles. The Hall–Kier alpha value is -0.830. The molecular weight excluding hydrogens is 280 g/mol. The minimum Gasteiger partial charge on any atom is -0.481 e. The van der Waals surface area contributed by atoms with Gasteiger partial charge in [-0.1, -0.05) is 47.3 Å². The van der Waals surface area contributed by atoms with Gasteiger partial charge in [0.25, 0.3) is 0 Å². The van der Waals surface area contributed by atoms with Crippen molar-refractivity contribution in [3.05, 3.63) is 33.8 Å². The zero-order valence-electron chi connectivity index (χ0n) is 10.0. The lowest BCUT2D eigenvalue weighted by Gasteiger charge is -2.34. The third-order valence-corrected chi connectivity index (χ3v) is 4.72. The molecule has 1 aromatic rings. The predicted octanol–water partition coefficient (Wildman–Crippen LogP) is 4.04. The number of hydrogen-bond acceptors (Lipinski definition) is 1. The number of halogens is 1. The summed E-state index contributed by atoms with van der Waals surface area (Å²) in [6.45, 7) is 2.01. The van der Waals surface area contributed by atoms with E-state index < -0.39 is 11.4 Å². The molecule has 1 saturated carbocycles. The first-order valence-corrected chi connectivity index (χ1v) is 6.85. The van der Waals surface area contributed by atoms with Crippen molar-refractivity contribution in [1.82, 2.24) is 0 Å². The summed E-state index contributed by atoms with van der Waals surface area (Å²) in [5.74, 6) is -0.668. The van der Waals surface area contributed by atoms with E-state index >= 15 is 0 Å². The molecule has 1 aliphatic carbocycles. The molecule has 92 valence electrons. The van der Waals surface area contributed by atoms with E-state index in [2.05, 4.69) is 15.9 Å². The Labute approximate surface area is 110 Å². The van der Waals surface area contributed by atoms with Crippen molar-refractivity contribution in [2.45, 2.75) is 44.4 Å². The zero-order chi connectivity index (χ0) is 12.5. The number of carboxylic acid groups (broad SMARTS) is 1. The Bertz CT molecular complexity index is 434.